The summed E-state index contributed by atoms with van der Waals surface area (Å²) in [6, 6.07) is 8.43. The molecule has 3 aliphatic rings. The minimum Gasteiger partial charge on any atom is -0.393 e. The monoisotopic (exact) mass is 583 g/mol. The first-order valence-corrected chi connectivity index (χ1v) is 15.9. The first-order chi connectivity index (χ1) is 20.4. The third kappa shape index (κ3) is 5.43. The number of rotatable bonds is 8. The smallest absolute Gasteiger partial charge is 0.277 e. The Morgan fingerprint density at radius 1 is 1.17 bits per heavy atom. The molecule has 1 saturated carbocycles. The molecule has 2 fully saturated rings. The molecule has 3 N–H and O–H groups in total. The number of aliphatic hydroxyl groups excluding tert-OH is 1. The highest BCUT2D eigenvalue weighted by Gasteiger charge is 2.48. The van der Waals surface area contributed by atoms with Gasteiger partial charge in [0.25, 0.3) is 5.91 Å². The molecule has 218 valence electrons. The van der Waals surface area contributed by atoms with Crippen LogP contribution in [0.25, 0.3) is 21.6 Å². The first kappa shape index (κ1) is 27.5. The minimum absolute atomic E-state index is 0.182. The molecule has 4 aromatic rings. The lowest BCUT2D eigenvalue weighted by molar-refractivity contribution is 0.0802. The van der Waals surface area contributed by atoms with Gasteiger partial charge in [0.15, 0.2) is 5.01 Å². The van der Waals surface area contributed by atoms with Gasteiger partial charge in [-0.1, -0.05) is 24.3 Å². The van der Waals surface area contributed by atoms with E-state index in [2.05, 4.69) is 45.2 Å². The number of hydrogen-bond acceptors (Lipinski definition) is 9. The molecule has 3 atom stereocenters. The van der Waals surface area contributed by atoms with Crippen LogP contribution in [0.15, 0.2) is 42.9 Å². The van der Waals surface area contributed by atoms with E-state index in [0.717, 1.165) is 79.0 Å². The Kier molecular flexibility index (Phi) is 7.24. The van der Waals surface area contributed by atoms with E-state index in [1.807, 2.05) is 12.3 Å². The predicted molar refractivity (Wildman–Crippen MR) is 162 cm³/mol. The summed E-state index contributed by atoms with van der Waals surface area (Å²) in [5.74, 6) is 0.527. The van der Waals surface area contributed by atoms with Gasteiger partial charge in [-0.3, -0.25) is 9.78 Å². The van der Waals surface area contributed by atoms with Crippen LogP contribution in [-0.2, 0) is 6.42 Å². The standard InChI is InChI=1S/C32H37N7O2S/c1-32(8-9-32)22-14-21-15-27-30(42-31(37-27)29(33)41)38-28(21)25(16-22)24(7-13-39-11-5-23(40)6-12-39)19-2-3-26(34-17-19)20-4-10-35-36-18-20/h2-4,10,15,17-18,22-25,40H,5-9,11-14,16H2,1H3,(H2,33,41)/t22?,24-,25?/m0/s1. The lowest BCUT2D eigenvalue weighted by atomic mass is 9.67. The maximum absolute atomic E-state index is 11.9. The lowest BCUT2D eigenvalue weighted by Gasteiger charge is -2.39. The van der Waals surface area contributed by atoms with Crippen LogP contribution in [0.3, 0.4) is 0 Å². The van der Waals surface area contributed by atoms with E-state index < -0.39 is 5.91 Å². The van der Waals surface area contributed by atoms with E-state index in [1.54, 1.807) is 12.4 Å². The fourth-order valence-corrected chi connectivity index (χ4v) is 7.85. The Hall–Kier alpha value is -3.34. The number of hydrogen-bond donors (Lipinski definition) is 2. The molecule has 5 heterocycles. The molecule has 1 aliphatic heterocycles. The van der Waals surface area contributed by atoms with Crippen molar-refractivity contribution in [2.24, 2.45) is 17.1 Å². The Balaban J connectivity index is 1.27. The summed E-state index contributed by atoms with van der Waals surface area (Å²) < 4.78 is 0. The zero-order valence-corrected chi connectivity index (χ0v) is 24.8. The highest BCUT2D eigenvalue weighted by Crippen LogP contribution is 2.58. The number of primary amides is 1. The number of pyridine rings is 2. The number of aromatic nitrogens is 5. The van der Waals surface area contributed by atoms with Crippen molar-refractivity contribution >= 4 is 27.6 Å². The summed E-state index contributed by atoms with van der Waals surface area (Å²) in [6.07, 6.45) is 12.6. The molecule has 2 aliphatic carbocycles. The minimum atomic E-state index is -0.504. The predicted octanol–water partition coefficient (Wildman–Crippen LogP) is 4.72. The second-order valence-electron chi connectivity index (χ2n) is 12.7. The van der Waals surface area contributed by atoms with Gasteiger partial charge < -0.3 is 15.7 Å². The van der Waals surface area contributed by atoms with Crippen molar-refractivity contribution in [3.05, 3.63) is 64.7 Å². The molecule has 0 aromatic carbocycles. The van der Waals surface area contributed by atoms with Crippen LogP contribution >= 0.6 is 11.3 Å². The number of nitrogens with zero attached hydrogens (tertiary/aromatic N) is 6. The number of carbonyl (C=O) groups is 1. The van der Waals surface area contributed by atoms with Crippen LogP contribution in [-0.4, -0.2) is 66.8 Å². The molecule has 9 nitrogen and oxygen atoms in total. The molecule has 0 spiro atoms. The molecular weight excluding hydrogens is 546 g/mol. The van der Waals surface area contributed by atoms with Crippen molar-refractivity contribution in [3.63, 3.8) is 0 Å². The van der Waals surface area contributed by atoms with Crippen LogP contribution in [0.5, 0.6) is 0 Å². The van der Waals surface area contributed by atoms with Crippen molar-refractivity contribution in [2.75, 3.05) is 19.6 Å². The number of carbonyl (C=O) groups excluding carboxylic acids is 1. The zero-order chi connectivity index (χ0) is 28.8. The molecule has 42 heavy (non-hydrogen) atoms. The number of thiazole rings is 1. The summed E-state index contributed by atoms with van der Waals surface area (Å²) in [4.78, 5) is 29.8. The molecule has 0 bridgehead atoms. The topological polar surface area (TPSA) is 131 Å². The van der Waals surface area contributed by atoms with E-state index in [9.17, 15) is 9.90 Å². The van der Waals surface area contributed by atoms with Gasteiger partial charge in [0, 0.05) is 36.5 Å². The number of likely N-dealkylation sites (tertiary alicyclic amines) is 1. The fraction of sp³-hybridized carbons (Fsp3) is 0.500. The van der Waals surface area contributed by atoms with Gasteiger partial charge in [0.1, 0.15) is 10.3 Å². The molecule has 4 aromatic heterocycles. The number of piperidine rings is 1. The van der Waals surface area contributed by atoms with Gasteiger partial charge in [-0.25, -0.2) is 9.97 Å². The summed E-state index contributed by atoms with van der Waals surface area (Å²) in [5.41, 5.74) is 12.2. The third-order valence-corrected chi connectivity index (χ3v) is 11.0. The average Bonchev–Trinajstić information content (AvgIpc) is 3.62. The summed E-state index contributed by atoms with van der Waals surface area (Å²) >= 11 is 1.29. The van der Waals surface area contributed by atoms with E-state index in [-0.39, 0.29) is 17.9 Å². The van der Waals surface area contributed by atoms with Crippen molar-refractivity contribution < 1.29 is 9.90 Å². The normalized spacial score (nSPS) is 23.0. The van der Waals surface area contributed by atoms with E-state index in [0.29, 0.717) is 16.3 Å². The number of nitrogens with two attached hydrogens (primary N) is 1. The van der Waals surface area contributed by atoms with E-state index in [1.165, 1.54) is 35.3 Å². The Labute approximate surface area is 249 Å². The fourth-order valence-electron chi connectivity index (χ4n) is 7.07. The molecule has 0 radical (unpaired) electrons. The Morgan fingerprint density at radius 2 is 2.00 bits per heavy atom. The second kappa shape index (κ2) is 11.1. The van der Waals surface area contributed by atoms with Crippen molar-refractivity contribution in [1.82, 2.24) is 30.0 Å². The van der Waals surface area contributed by atoms with Crippen LogP contribution in [0.2, 0.25) is 0 Å². The van der Waals surface area contributed by atoms with E-state index in [4.69, 9.17) is 15.7 Å². The zero-order valence-electron chi connectivity index (χ0n) is 23.9. The maximum Gasteiger partial charge on any atom is 0.277 e. The third-order valence-electron chi connectivity index (χ3n) is 9.98. The van der Waals surface area contributed by atoms with Crippen molar-refractivity contribution in [1.29, 1.82) is 0 Å². The summed E-state index contributed by atoms with van der Waals surface area (Å²) in [6.45, 7) is 5.26. The first-order valence-electron chi connectivity index (χ1n) is 15.1. The van der Waals surface area contributed by atoms with Gasteiger partial charge in [-0.05, 0) is 98.1 Å². The SMILES string of the molecule is CC1(C2Cc3cc4nc(C(N)=O)sc4nc3C([C@@H](CCN3CCC(O)CC3)c3ccc(-c4ccnnc4)nc3)C2)CC1. The van der Waals surface area contributed by atoms with E-state index >= 15 is 0 Å². The molecular formula is C32H37N7O2S. The Bertz CT molecular complexity index is 1580. The number of amides is 1. The highest BCUT2D eigenvalue weighted by molar-refractivity contribution is 7.19. The molecule has 2 unspecified atom stereocenters. The largest absolute Gasteiger partial charge is 0.393 e. The van der Waals surface area contributed by atoms with Gasteiger partial charge in [-0.2, -0.15) is 10.2 Å². The van der Waals surface area contributed by atoms with Gasteiger partial charge >= 0.3 is 0 Å². The molecule has 7 rings (SSSR count). The molecule has 1 amide bonds. The summed E-state index contributed by atoms with van der Waals surface area (Å²) in [7, 11) is 0. The quantitative estimate of drug-likeness (QED) is 0.305. The van der Waals surface area contributed by atoms with Crippen LogP contribution < -0.4 is 5.73 Å². The number of fused-ring (bicyclic) bond motifs is 2. The second-order valence-corrected chi connectivity index (χ2v) is 13.7. The van der Waals surface area contributed by atoms with Crippen LogP contribution in [0.1, 0.15) is 83.9 Å². The molecule has 10 heteroatoms. The van der Waals surface area contributed by atoms with Gasteiger partial charge in [-0.15, -0.1) is 0 Å². The Morgan fingerprint density at radius 3 is 2.69 bits per heavy atom. The highest BCUT2D eigenvalue weighted by atomic mass is 32.1. The maximum atomic E-state index is 11.9. The van der Waals surface area contributed by atoms with Crippen molar-refractivity contribution in [3.8, 4) is 11.3 Å². The van der Waals surface area contributed by atoms with Crippen LogP contribution in [0.4, 0.5) is 0 Å². The van der Waals surface area contributed by atoms with Crippen LogP contribution in [0, 0.1) is 11.3 Å². The summed E-state index contributed by atoms with van der Waals surface area (Å²) in [5, 5.41) is 18.3. The van der Waals surface area contributed by atoms with Crippen molar-refractivity contribution in [2.45, 2.75) is 69.8 Å². The number of aliphatic hydroxyl groups is 1. The van der Waals surface area contributed by atoms with Gasteiger partial charge in [0.2, 0.25) is 0 Å². The van der Waals surface area contributed by atoms with Gasteiger partial charge in [0.05, 0.1) is 24.2 Å². The lowest BCUT2D eigenvalue weighted by Crippen LogP contribution is -2.37. The molecule has 1 saturated heterocycles. The average molecular weight is 584 g/mol.